The maximum atomic E-state index is 13.8. The van der Waals surface area contributed by atoms with Gasteiger partial charge in [0.05, 0.1) is 12.8 Å². The minimum absolute atomic E-state index is 0.114. The molecule has 0 aliphatic heterocycles. The molecule has 2 rings (SSSR count). The number of anilines is 2. The van der Waals surface area contributed by atoms with E-state index in [1.54, 1.807) is 30.1 Å². The predicted molar refractivity (Wildman–Crippen MR) is 68.1 cm³/mol. The van der Waals surface area contributed by atoms with Gasteiger partial charge in [0.25, 0.3) is 0 Å². The quantitative estimate of drug-likeness (QED) is 0.801. The molecule has 18 heavy (non-hydrogen) atoms. The summed E-state index contributed by atoms with van der Waals surface area (Å²) < 4.78 is 18.8. The molecule has 4 nitrogen and oxygen atoms in total. The molecule has 0 saturated carbocycles. The predicted octanol–water partition coefficient (Wildman–Crippen LogP) is 3.05. The van der Waals surface area contributed by atoms with Gasteiger partial charge >= 0.3 is 0 Å². The van der Waals surface area contributed by atoms with Gasteiger partial charge in [-0.2, -0.15) is 0 Å². The fourth-order valence-corrected chi connectivity index (χ4v) is 1.66. The van der Waals surface area contributed by atoms with E-state index in [0.717, 1.165) is 0 Å². The van der Waals surface area contributed by atoms with Crippen molar-refractivity contribution in [3.8, 4) is 5.75 Å². The molecule has 0 amide bonds. The minimum Gasteiger partial charge on any atom is -0.497 e. The van der Waals surface area contributed by atoms with Crippen LogP contribution in [-0.2, 0) is 0 Å². The van der Waals surface area contributed by atoms with Crippen LogP contribution in [0.5, 0.6) is 5.75 Å². The highest BCUT2D eigenvalue weighted by Crippen LogP contribution is 2.28. The average Bonchev–Trinajstić information content (AvgIpc) is 2.38. The van der Waals surface area contributed by atoms with Crippen LogP contribution in [0, 0.1) is 5.82 Å². The van der Waals surface area contributed by atoms with Crippen LogP contribution < -0.4 is 9.64 Å². The van der Waals surface area contributed by atoms with E-state index in [4.69, 9.17) is 16.3 Å². The van der Waals surface area contributed by atoms with Gasteiger partial charge in [-0.1, -0.05) is 0 Å². The number of methoxy groups -OCH3 is 1. The lowest BCUT2D eigenvalue weighted by atomic mass is 10.2. The summed E-state index contributed by atoms with van der Waals surface area (Å²) in [6.07, 6.45) is 1.51. The lowest BCUT2D eigenvalue weighted by molar-refractivity contribution is 0.414. The second kappa shape index (κ2) is 5.18. The minimum atomic E-state index is -0.368. The molecule has 1 heterocycles. The Labute approximate surface area is 109 Å². The SMILES string of the molecule is COc1ccc(F)c(N(C)c2ccnc(Cl)n2)c1. The molecule has 0 fully saturated rings. The molecule has 0 N–H and O–H groups in total. The van der Waals surface area contributed by atoms with E-state index in [2.05, 4.69) is 9.97 Å². The molecule has 0 aliphatic carbocycles. The maximum absolute atomic E-state index is 13.8. The van der Waals surface area contributed by atoms with Crippen LogP contribution in [0.1, 0.15) is 0 Å². The van der Waals surface area contributed by atoms with Crippen molar-refractivity contribution in [2.24, 2.45) is 0 Å². The van der Waals surface area contributed by atoms with Gasteiger partial charge in [-0.3, -0.25) is 0 Å². The zero-order valence-corrected chi connectivity index (χ0v) is 10.6. The van der Waals surface area contributed by atoms with Gasteiger partial charge in [-0.15, -0.1) is 0 Å². The number of benzene rings is 1. The Morgan fingerprint density at radius 2 is 2.11 bits per heavy atom. The van der Waals surface area contributed by atoms with Crippen LogP contribution >= 0.6 is 11.6 Å². The average molecular weight is 268 g/mol. The summed E-state index contributed by atoms with van der Waals surface area (Å²) in [4.78, 5) is 9.37. The largest absolute Gasteiger partial charge is 0.497 e. The van der Waals surface area contributed by atoms with Crippen LogP contribution in [0.3, 0.4) is 0 Å². The van der Waals surface area contributed by atoms with Crippen LogP contribution in [0.4, 0.5) is 15.9 Å². The van der Waals surface area contributed by atoms with E-state index >= 15 is 0 Å². The maximum Gasteiger partial charge on any atom is 0.224 e. The molecule has 1 aromatic carbocycles. The highest BCUT2D eigenvalue weighted by atomic mass is 35.5. The number of ether oxygens (including phenoxy) is 1. The van der Waals surface area contributed by atoms with Crippen molar-refractivity contribution >= 4 is 23.1 Å². The fraction of sp³-hybridized carbons (Fsp3) is 0.167. The molecule has 0 bridgehead atoms. The van der Waals surface area contributed by atoms with Crippen molar-refractivity contribution in [3.63, 3.8) is 0 Å². The summed E-state index contributed by atoms with van der Waals surface area (Å²) in [6.45, 7) is 0. The van der Waals surface area contributed by atoms with Crippen LogP contribution in [0.2, 0.25) is 5.28 Å². The second-order valence-corrected chi connectivity index (χ2v) is 3.90. The first-order chi connectivity index (χ1) is 8.61. The molecule has 2 aromatic rings. The van der Waals surface area contributed by atoms with Gasteiger partial charge in [-0.25, -0.2) is 14.4 Å². The second-order valence-electron chi connectivity index (χ2n) is 3.56. The summed E-state index contributed by atoms with van der Waals surface area (Å²) in [7, 11) is 3.22. The Bertz CT molecular complexity index is 565. The molecular weight excluding hydrogens is 257 g/mol. The summed E-state index contributed by atoms with van der Waals surface area (Å²) >= 11 is 5.71. The summed E-state index contributed by atoms with van der Waals surface area (Å²) in [5.74, 6) is 0.702. The number of rotatable bonds is 3. The van der Waals surface area contributed by atoms with E-state index < -0.39 is 0 Å². The van der Waals surface area contributed by atoms with Crippen molar-refractivity contribution < 1.29 is 9.13 Å². The summed E-state index contributed by atoms with van der Waals surface area (Å²) in [6, 6.07) is 6.13. The smallest absolute Gasteiger partial charge is 0.224 e. The summed E-state index contributed by atoms with van der Waals surface area (Å²) in [5.41, 5.74) is 0.351. The molecule has 0 spiro atoms. The third kappa shape index (κ3) is 2.51. The first-order valence-electron chi connectivity index (χ1n) is 5.17. The van der Waals surface area contributed by atoms with E-state index in [0.29, 0.717) is 17.3 Å². The number of nitrogens with zero attached hydrogens (tertiary/aromatic N) is 3. The molecule has 94 valence electrons. The normalized spacial score (nSPS) is 10.2. The highest BCUT2D eigenvalue weighted by Gasteiger charge is 2.12. The van der Waals surface area contributed by atoms with Crippen molar-refractivity contribution in [2.45, 2.75) is 0 Å². The van der Waals surface area contributed by atoms with Gasteiger partial charge in [0.1, 0.15) is 17.4 Å². The van der Waals surface area contributed by atoms with Crippen LogP contribution in [-0.4, -0.2) is 24.1 Å². The summed E-state index contributed by atoms with van der Waals surface area (Å²) in [5, 5.41) is 0.114. The Morgan fingerprint density at radius 3 is 2.78 bits per heavy atom. The van der Waals surface area contributed by atoms with Gasteiger partial charge in [0, 0.05) is 19.3 Å². The zero-order valence-electron chi connectivity index (χ0n) is 9.89. The molecule has 0 saturated heterocycles. The highest BCUT2D eigenvalue weighted by molar-refractivity contribution is 6.28. The third-order valence-corrected chi connectivity index (χ3v) is 2.65. The first kappa shape index (κ1) is 12.6. The number of aromatic nitrogens is 2. The molecule has 0 aliphatic rings. The molecule has 0 atom stereocenters. The molecule has 1 aromatic heterocycles. The van der Waals surface area contributed by atoms with E-state index in [-0.39, 0.29) is 11.1 Å². The Morgan fingerprint density at radius 1 is 1.33 bits per heavy atom. The standard InChI is InChI=1S/C12H11ClFN3O/c1-17(11-5-6-15-12(13)16-11)10-7-8(18-2)3-4-9(10)14/h3-7H,1-2H3. The van der Waals surface area contributed by atoms with Gasteiger partial charge < -0.3 is 9.64 Å². The Kier molecular flexibility index (Phi) is 3.62. The number of halogens is 2. The molecular formula is C12H11ClFN3O. The first-order valence-corrected chi connectivity index (χ1v) is 5.55. The molecule has 6 heteroatoms. The van der Waals surface area contributed by atoms with E-state index in [9.17, 15) is 4.39 Å². The van der Waals surface area contributed by atoms with Crippen LogP contribution in [0.25, 0.3) is 0 Å². The number of hydrogen-bond donors (Lipinski definition) is 0. The monoisotopic (exact) mass is 267 g/mol. The topological polar surface area (TPSA) is 38.2 Å². The van der Waals surface area contributed by atoms with Crippen LogP contribution in [0.15, 0.2) is 30.5 Å². The van der Waals surface area contributed by atoms with Crippen molar-refractivity contribution in [1.29, 1.82) is 0 Å². The lowest BCUT2D eigenvalue weighted by Crippen LogP contribution is -2.13. The fourth-order valence-electron chi connectivity index (χ4n) is 1.51. The number of hydrogen-bond acceptors (Lipinski definition) is 4. The van der Waals surface area contributed by atoms with Crippen molar-refractivity contribution in [2.75, 3.05) is 19.1 Å². The third-order valence-electron chi connectivity index (χ3n) is 2.47. The molecule has 0 unspecified atom stereocenters. The zero-order chi connectivity index (χ0) is 13.1. The Hall–Kier alpha value is -1.88. The van der Waals surface area contributed by atoms with Gasteiger partial charge in [0.2, 0.25) is 5.28 Å². The van der Waals surface area contributed by atoms with E-state index in [1.165, 1.54) is 19.4 Å². The van der Waals surface area contributed by atoms with Crippen molar-refractivity contribution in [3.05, 3.63) is 41.6 Å². The molecule has 0 radical (unpaired) electrons. The van der Waals surface area contributed by atoms with E-state index in [1.807, 2.05) is 0 Å². The van der Waals surface area contributed by atoms with Gasteiger partial charge in [-0.05, 0) is 29.8 Å². The van der Waals surface area contributed by atoms with Gasteiger partial charge in [0.15, 0.2) is 0 Å². The Balaban J connectivity index is 2.41. The lowest BCUT2D eigenvalue weighted by Gasteiger charge is -2.19. The van der Waals surface area contributed by atoms with Crippen molar-refractivity contribution in [1.82, 2.24) is 9.97 Å².